The molecule has 1 aliphatic heterocycles. The van der Waals surface area contributed by atoms with E-state index in [1.165, 1.54) is 0 Å². The predicted octanol–water partition coefficient (Wildman–Crippen LogP) is 8.94. The smallest absolute Gasteiger partial charge is 0.200 e. The lowest BCUT2D eigenvalue weighted by atomic mass is 10.1. The van der Waals surface area contributed by atoms with Crippen LogP contribution in [0.25, 0.3) is 10.9 Å². The molecule has 0 saturated carbocycles. The van der Waals surface area contributed by atoms with E-state index in [-0.39, 0.29) is 18.4 Å². The Kier molecular flexibility index (Phi) is 10.3. The zero-order valence-corrected chi connectivity index (χ0v) is 28.4. The fourth-order valence-corrected chi connectivity index (χ4v) is 12.6. The van der Waals surface area contributed by atoms with Crippen LogP contribution in [0.5, 0.6) is 17.2 Å². The van der Waals surface area contributed by atoms with Crippen LogP contribution < -0.4 is 14.2 Å². The lowest BCUT2D eigenvalue weighted by molar-refractivity contribution is -0.0522. The minimum Gasteiger partial charge on any atom is -0.497 e. The molecule has 0 radical (unpaired) electrons. The van der Waals surface area contributed by atoms with E-state index in [0.29, 0.717) is 36.3 Å². The second kappa shape index (κ2) is 13.4. The first-order valence-electron chi connectivity index (χ1n) is 15.3. The Morgan fingerprint density at radius 2 is 1.36 bits per heavy atom. The van der Waals surface area contributed by atoms with Gasteiger partial charge in [0, 0.05) is 12.0 Å². The summed E-state index contributed by atoms with van der Waals surface area (Å²) in [5, 5.41) is 1.01. The summed E-state index contributed by atoms with van der Waals surface area (Å²) in [4.78, 5) is 0. The van der Waals surface area contributed by atoms with Crippen molar-refractivity contribution in [2.75, 3.05) is 21.3 Å². The number of benzene rings is 2. The van der Waals surface area contributed by atoms with Crippen LogP contribution in [0.2, 0.25) is 16.6 Å². The summed E-state index contributed by atoms with van der Waals surface area (Å²) < 4.78 is 40.1. The van der Waals surface area contributed by atoms with Gasteiger partial charge in [-0.15, -0.1) is 0 Å². The van der Waals surface area contributed by atoms with Crippen molar-refractivity contribution in [1.29, 1.82) is 0 Å². The highest BCUT2D eigenvalue weighted by Crippen LogP contribution is 2.51. The number of hydrogen-bond donors (Lipinski definition) is 0. The monoisotopic (exact) mass is 597 g/mol. The van der Waals surface area contributed by atoms with E-state index in [4.69, 9.17) is 28.1 Å². The molecule has 0 fully saturated rings. The molecule has 2 unspecified atom stereocenters. The molecule has 1 aromatic heterocycles. The largest absolute Gasteiger partial charge is 0.497 e. The van der Waals surface area contributed by atoms with E-state index in [9.17, 15) is 0 Å². The van der Waals surface area contributed by atoms with E-state index in [2.05, 4.69) is 72.1 Å². The van der Waals surface area contributed by atoms with Crippen molar-refractivity contribution in [3.63, 3.8) is 0 Å². The number of fused-ring (bicyclic) bond motifs is 3. The standard InChI is InChI=1S/C34H51NO6Si/c1-21(2)41-31-18-30(39-19-25-12-14-26(36-9)15-13-25)33-27(20-40-42(22(3)4,23(5)6)24(7)8)32-28(37-10)16-17-29(38-11)34(32)35(31)33/h12-17,21-24,30-31H,18-20H2,1-11H3. The molecule has 2 aromatic carbocycles. The third kappa shape index (κ3) is 5.96. The second-order valence-electron chi connectivity index (χ2n) is 12.6. The number of nitrogens with zero attached hydrogens (tertiary/aromatic N) is 1. The molecule has 4 rings (SSSR count). The first kappa shape index (κ1) is 32.4. The quantitative estimate of drug-likeness (QED) is 0.173. The van der Waals surface area contributed by atoms with Gasteiger partial charge in [0.05, 0.1) is 57.2 Å². The van der Waals surface area contributed by atoms with Crippen molar-refractivity contribution in [3.05, 3.63) is 53.2 Å². The minimum atomic E-state index is -2.16. The minimum absolute atomic E-state index is 0.0415. The van der Waals surface area contributed by atoms with Gasteiger partial charge in [-0.3, -0.25) is 0 Å². The van der Waals surface area contributed by atoms with Gasteiger partial charge >= 0.3 is 0 Å². The van der Waals surface area contributed by atoms with Gasteiger partial charge in [0.25, 0.3) is 0 Å². The molecule has 0 bridgehead atoms. The van der Waals surface area contributed by atoms with Crippen molar-refractivity contribution in [2.24, 2.45) is 0 Å². The Balaban J connectivity index is 1.88. The molecule has 1 aliphatic rings. The first-order valence-corrected chi connectivity index (χ1v) is 17.5. The summed E-state index contributed by atoms with van der Waals surface area (Å²) in [6.07, 6.45) is 0.346. The molecule has 3 aromatic rings. The summed E-state index contributed by atoms with van der Waals surface area (Å²) in [5.41, 5.74) is 5.66. The second-order valence-corrected chi connectivity index (χ2v) is 18.0. The predicted molar refractivity (Wildman–Crippen MR) is 171 cm³/mol. The lowest BCUT2D eigenvalue weighted by Gasteiger charge is -2.42. The number of methoxy groups -OCH3 is 3. The van der Waals surface area contributed by atoms with Gasteiger partial charge in [-0.1, -0.05) is 53.7 Å². The van der Waals surface area contributed by atoms with Gasteiger partial charge in [0.15, 0.2) is 0 Å². The third-order valence-electron chi connectivity index (χ3n) is 8.88. The average molecular weight is 598 g/mol. The van der Waals surface area contributed by atoms with E-state index in [0.717, 1.165) is 45.0 Å². The maximum Gasteiger partial charge on any atom is 0.200 e. The Hall–Kier alpha value is -2.52. The van der Waals surface area contributed by atoms with E-state index in [1.807, 2.05) is 24.3 Å². The Morgan fingerprint density at radius 1 is 0.762 bits per heavy atom. The van der Waals surface area contributed by atoms with E-state index >= 15 is 0 Å². The van der Waals surface area contributed by atoms with Crippen molar-refractivity contribution < 1.29 is 28.1 Å². The molecule has 0 aliphatic carbocycles. The molecule has 42 heavy (non-hydrogen) atoms. The molecular weight excluding hydrogens is 546 g/mol. The maximum absolute atomic E-state index is 7.24. The van der Waals surface area contributed by atoms with Crippen LogP contribution in [0.3, 0.4) is 0 Å². The van der Waals surface area contributed by atoms with Gasteiger partial charge in [-0.2, -0.15) is 0 Å². The highest BCUT2D eigenvalue weighted by Gasteiger charge is 2.46. The van der Waals surface area contributed by atoms with Crippen LogP contribution in [0.1, 0.15) is 91.0 Å². The molecule has 2 heterocycles. The Labute approximate surface area is 253 Å². The number of rotatable bonds is 14. The average Bonchev–Trinajstić information content (AvgIpc) is 3.47. The highest BCUT2D eigenvalue weighted by atomic mass is 28.4. The number of ether oxygens (including phenoxy) is 5. The first-order chi connectivity index (χ1) is 20.0. The van der Waals surface area contributed by atoms with E-state index in [1.54, 1.807) is 21.3 Å². The topological polar surface area (TPSA) is 60.3 Å². The maximum atomic E-state index is 7.24. The molecule has 8 heteroatoms. The van der Waals surface area contributed by atoms with Gasteiger partial charge < -0.3 is 32.7 Å². The molecule has 2 atom stereocenters. The summed E-state index contributed by atoms with van der Waals surface area (Å²) in [5.74, 6) is 2.41. The van der Waals surface area contributed by atoms with Crippen LogP contribution in [-0.4, -0.2) is 40.3 Å². The Morgan fingerprint density at radius 3 is 1.88 bits per heavy atom. The van der Waals surface area contributed by atoms with Crippen molar-refractivity contribution in [1.82, 2.24) is 4.57 Å². The summed E-state index contributed by atoms with van der Waals surface area (Å²) >= 11 is 0. The summed E-state index contributed by atoms with van der Waals surface area (Å²) in [7, 11) is 2.96. The van der Waals surface area contributed by atoms with Crippen LogP contribution >= 0.6 is 0 Å². The fourth-order valence-electron chi connectivity index (χ4n) is 7.20. The SMILES string of the molecule is COc1ccc(COC2CC(OC(C)C)n3c2c(CO[Si](C(C)C)(C(C)C)C(C)C)c2c(OC)ccc(OC)c23)cc1. The third-order valence-corrected chi connectivity index (χ3v) is 14.9. The number of aromatic nitrogens is 1. The van der Waals surface area contributed by atoms with Gasteiger partial charge in [0.2, 0.25) is 8.32 Å². The van der Waals surface area contributed by atoms with Crippen LogP contribution in [-0.2, 0) is 27.1 Å². The van der Waals surface area contributed by atoms with Crippen LogP contribution in [0.4, 0.5) is 0 Å². The van der Waals surface area contributed by atoms with Crippen molar-refractivity contribution >= 4 is 19.2 Å². The Bertz CT molecular complexity index is 1310. The van der Waals surface area contributed by atoms with Gasteiger partial charge in [0.1, 0.15) is 29.6 Å². The summed E-state index contributed by atoms with van der Waals surface area (Å²) in [6.45, 7) is 19.1. The van der Waals surface area contributed by atoms with Crippen molar-refractivity contribution in [3.8, 4) is 17.2 Å². The molecular formula is C34H51NO6Si. The van der Waals surface area contributed by atoms with Gasteiger partial charge in [-0.25, -0.2) is 0 Å². The zero-order chi connectivity index (χ0) is 30.8. The fraction of sp³-hybridized carbons (Fsp3) is 0.588. The highest BCUT2D eigenvalue weighted by molar-refractivity contribution is 6.77. The normalized spacial score (nSPS) is 17.2. The van der Waals surface area contributed by atoms with Crippen LogP contribution in [0, 0.1) is 0 Å². The summed E-state index contributed by atoms with van der Waals surface area (Å²) in [6, 6.07) is 12.0. The molecule has 7 nitrogen and oxygen atoms in total. The molecule has 232 valence electrons. The zero-order valence-electron chi connectivity index (χ0n) is 27.4. The van der Waals surface area contributed by atoms with Crippen molar-refractivity contribution in [2.45, 2.75) is 110 Å². The van der Waals surface area contributed by atoms with Crippen LogP contribution in [0.15, 0.2) is 36.4 Å². The molecule has 0 N–H and O–H groups in total. The lowest BCUT2D eigenvalue weighted by Crippen LogP contribution is -2.47. The molecule has 0 spiro atoms. The molecule has 0 amide bonds. The number of hydrogen-bond acceptors (Lipinski definition) is 6. The van der Waals surface area contributed by atoms with Gasteiger partial charge in [-0.05, 0) is 60.3 Å². The molecule has 0 saturated heterocycles. The van der Waals surface area contributed by atoms with E-state index < -0.39 is 8.32 Å².